The average molecular weight is 439 g/mol. The molecule has 1 aromatic heterocycles. The molecule has 1 aliphatic heterocycles. The van der Waals surface area contributed by atoms with E-state index in [1.54, 1.807) is 18.4 Å². The Morgan fingerprint density at radius 1 is 1.13 bits per heavy atom. The van der Waals surface area contributed by atoms with Crippen molar-refractivity contribution in [3.63, 3.8) is 0 Å². The summed E-state index contributed by atoms with van der Waals surface area (Å²) in [6, 6.07) is 16.0. The number of thiazole rings is 1. The molecule has 0 radical (unpaired) electrons. The third kappa shape index (κ3) is 5.26. The number of hydrogen-bond donors (Lipinski definition) is 1. The van der Waals surface area contributed by atoms with E-state index in [4.69, 9.17) is 14.5 Å². The number of likely N-dealkylation sites (tertiary alicyclic amines) is 1. The van der Waals surface area contributed by atoms with Crippen LogP contribution in [0, 0.1) is 5.92 Å². The van der Waals surface area contributed by atoms with E-state index in [0.717, 1.165) is 65.8 Å². The molecule has 1 aliphatic rings. The molecule has 31 heavy (non-hydrogen) atoms. The van der Waals surface area contributed by atoms with Crippen molar-refractivity contribution in [2.45, 2.75) is 32.4 Å². The minimum absolute atomic E-state index is 0.320. The fourth-order valence-corrected chi connectivity index (χ4v) is 4.97. The molecule has 1 N–H and O–H groups in total. The van der Waals surface area contributed by atoms with Gasteiger partial charge < -0.3 is 14.6 Å². The van der Waals surface area contributed by atoms with Crippen molar-refractivity contribution in [2.75, 3.05) is 26.8 Å². The summed E-state index contributed by atoms with van der Waals surface area (Å²) in [4.78, 5) is 7.29. The lowest BCUT2D eigenvalue weighted by molar-refractivity contribution is 0.0565. The molecule has 0 amide bonds. The van der Waals surface area contributed by atoms with Crippen molar-refractivity contribution >= 4 is 11.3 Å². The Balaban J connectivity index is 1.35. The molecule has 1 fully saturated rings. The van der Waals surface area contributed by atoms with Crippen LogP contribution in [0.2, 0.25) is 0 Å². The molecule has 2 aromatic carbocycles. The van der Waals surface area contributed by atoms with Crippen LogP contribution in [0.1, 0.15) is 37.1 Å². The molecule has 164 valence electrons. The van der Waals surface area contributed by atoms with Gasteiger partial charge in [0.1, 0.15) is 5.01 Å². The van der Waals surface area contributed by atoms with E-state index in [1.807, 2.05) is 55.5 Å². The maximum atomic E-state index is 10.7. The zero-order valence-corrected chi connectivity index (χ0v) is 19.0. The number of piperidine rings is 1. The zero-order valence-electron chi connectivity index (χ0n) is 18.2. The predicted molar refractivity (Wildman–Crippen MR) is 125 cm³/mol. The molecular formula is C25H30N2O3S. The summed E-state index contributed by atoms with van der Waals surface area (Å²) in [6.45, 7) is 5.39. The minimum atomic E-state index is -0.371. The second-order valence-electron chi connectivity index (χ2n) is 7.91. The van der Waals surface area contributed by atoms with Crippen LogP contribution in [0.25, 0.3) is 10.6 Å². The van der Waals surface area contributed by atoms with Crippen molar-refractivity contribution in [3.05, 3.63) is 65.2 Å². The highest BCUT2D eigenvalue weighted by molar-refractivity contribution is 7.13. The van der Waals surface area contributed by atoms with Crippen LogP contribution in [-0.2, 0) is 6.54 Å². The zero-order chi connectivity index (χ0) is 21.6. The Hall–Kier alpha value is -2.41. The number of methoxy groups -OCH3 is 1. The van der Waals surface area contributed by atoms with E-state index >= 15 is 0 Å². The maximum absolute atomic E-state index is 10.7. The summed E-state index contributed by atoms with van der Waals surface area (Å²) < 4.78 is 11.1. The van der Waals surface area contributed by atoms with Gasteiger partial charge >= 0.3 is 0 Å². The molecule has 0 aliphatic carbocycles. The number of aliphatic hydroxyl groups excluding tert-OH is 1. The number of aliphatic hydroxyl groups is 1. The van der Waals surface area contributed by atoms with E-state index in [1.165, 1.54) is 0 Å². The van der Waals surface area contributed by atoms with Crippen molar-refractivity contribution < 1.29 is 14.6 Å². The van der Waals surface area contributed by atoms with Gasteiger partial charge in [-0.25, -0.2) is 4.98 Å². The maximum Gasteiger partial charge on any atom is 0.161 e. The predicted octanol–water partition coefficient (Wildman–Crippen LogP) is 5.16. The molecule has 0 spiro atoms. The van der Waals surface area contributed by atoms with Crippen LogP contribution in [0.4, 0.5) is 0 Å². The van der Waals surface area contributed by atoms with E-state index < -0.39 is 0 Å². The monoisotopic (exact) mass is 438 g/mol. The molecule has 1 unspecified atom stereocenters. The highest BCUT2D eigenvalue weighted by Crippen LogP contribution is 2.35. The molecule has 4 rings (SSSR count). The molecular weight excluding hydrogens is 408 g/mol. The summed E-state index contributed by atoms with van der Waals surface area (Å²) in [5, 5.41) is 13.8. The average Bonchev–Trinajstić information content (AvgIpc) is 3.28. The first-order valence-electron chi connectivity index (χ1n) is 10.9. The van der Waals surface area contributed by atoms with E-state index in [0.29, 0.717) is 12.5 Å². The van der Waals surface area contributed by atoms with E-state index in [2.05, 4.69) is 10.3 Å². The number of benzene rings is 2. The first kappa shape index (κ1) is 21.8. The second-order valence-corrected chi connectivity index (χ2v) is 8.77. The molecule has 1 saturated heterocycles. The summed E-state index contributed by atoms with van der Waals surface area (Å²) in [6.07, 6.45) is 1.63. The second kappa shape index (κ2) is 10.3. The van der Waals surface area contributed by atoms with Gasteiger partial charge in [-0.2, -0.15) is 0 Å². The molecule has 6 heteroatoms. The van der Waals surface area contributed by atoms with Crippen molar-refractivity contribution in [2.24, 2.45) is 5.92 Å². The summed E-state index contributed by atoms with van der Waals surface area (Å²) in [7, 11) is 1.66. The molecule has 0 saturated carbocycles. The number of ether oxygens (including phenoxy) is 2. The SMILES string of the molecule is CCOc1ccc(-c2nc(CN3CCC(C(O)c4ccccc4)CC3)cs2)cc1OC. The molecule has 5 nitrogen and oxygen atoms in total. The van der Waals surface area contributed by atoms with Gasteiger partial charge in [-0.15, -0.1) is 11.3 Å². The number of nitrogens with zero attached hydrogens (tertiary/aromatic N) is 2. The Morgan fingerprint density at radius 3 is 2.61 bits per heavy atom. The number of rotatable bonds is 8. The largest absolute Gasteiger partial charge is 0.493 e. The van der Waals surface area contributed by atoms with Crippen molar-refractivity contribution in [3.8, 4) is 22.1 Å². The lowest BCUT2D eigenvalue weighted by atomic mass is 9.87. The van der Waals surface area contributed by atoms with Crippen LogP contribution >= 0.6 is 11.3 Å². The van der Waals surface area contributed by atoms with Gasteiger partial charge in [0.05, 0.1) is 25.5 Å². The normalized spacial score (nSPS) is 16.2. The minimum Gasteiger partial charge on any atom is -0.493 e. The summed E-state index contributed by atoms with van der Waals surface area (Å²) >= 11 is 1.66. The third-order valence-electron chi connectivity index (χ3n) is 5.87. The first-order chi connectivity index (χ1) is 15.2. The smallest absolute Gasteiger partial charge is 0.161 e. The lowest BCUT2D eigenvalue weighted by Gasteiger charge is -2.34. The van der Waals surface area contributed by atoms with Crippen LogP contribution in [0.5, 0.6) is 11.5 Å². The molecule has 2 heterocycles. The highest BCUT2D eigenvalue weighted by Gasteiger charge is 2.26. The Kier molecular flexibility index (Phi) is 7.22. The fourth-order valence-electron chi connectivity index (χ4n) is 4.17. The summed E-state index contributed by atoms with van der Waals surface area (Å²) in [5.41, 5.74) is 3.16. The number of aromatic nitrogens is 1. The Labute approximate surface area is 188 Å². The van der Waals surface area contributed by atoms with Gasteiger partial charge in [-0.3, -0.25) is 4.90 Å². The van der Waals surface area contributed by atoms with E-state index in [-0.39, 0.29) is 6.10 Å². The van der Waals surface area contributed by atoms with Gasteiger partial charge in [0.25, 0.3) is 0 Å². The van der Waals surface area contributed by atoms with Gasteiger partial charge in [0.2, 0.25) is 0 Å². The molecule has 0 bridgehead atoms. The number of hydrogen-bond acceptors (Lipinski definition) is 6. The van der Waals surface area contributed by atoms with E-state index in [9.17, 15) is 5.11 Å². The third-order valence-corrected chi connectivity index (χ3v) is 6.81. The van der Waals surface area contributed by atoms with Gasteiger partial charge in [0.15, 0.2) is 11.5 Å². The van der Waals surface area contributed by atoms with Crippen molar-refractivity contribution in [1.82, 2.24) is 9.88 Å². The highest BCUT2D eigenvalue weighted by atomic mass is 32.1. The van der Waals surface area contributed by atoms with Crippen LogP contribution in [0.3, 0.4) is 0 Å². The fraction of sp³-hybridized carbons (Fsp3) is 0.400. The van der Waals surface area contributed by atoms with Gasteiger partial charge in [-0.05, 0) is 62.5 Å². The topological polar surface area (TPSA) is 54.8 Å². The Bertz CT molecular complexity index is 968. The van der Waals surface area contributed by atoms with Gasteiger partial charge in [-0.1, -0.05) is 30.3 Å². The molecule has 3 aromatic rings. The van der Waals surface area contributed by atoms with Crippen LogP contribution in [0.15, 0.2) is 53.9 Å². The summed E-state index contributed by atoms with van der Waals surface area (Å²) in [5.74, 6) is 1.81. The van der Waals surface area contributed by atoms with Gasteiger partial charge in [0, 0.05) is 17.5 Å². The van der Waals surface area contributed by atoms with Crippen molar-refractivity contribution in [1.29, 1.82) is 0 Å². The lowest BCUT2D eigenvalue weighted by Crippen LogP contribution is -2.35. The standard InChI is InChI=1S/C25H30N2O3S/c1-3-30-22-10-9-20(15-23(22)29-2)25-26-21(17-31-25)16-27-13-11-19(12-14-27)24(28)18-7-5-4-6-8-18/h4-10,15,17,19,24,28H,3,11-14,16H2,1-2H3. The van der Waals surface area contributed by atoms with Crippen LogP contribution < -0.4 is 9.47 Å². The Morgan fingerprint density at radius 2 is 1.90 bits per heavy atom. The first-order valence-corrected chi connectivity index (χ1v) is 11.8. The quantitative estimate of drug-likeness (QED) is 0.526. The molecule has 1 atom stereocenters. The van der Waals surface area contributed by atoms with Crippen LogP contribution in [-0.4, -0.2) is 41.8 Å².